The van der Waals surface area contributed by atoms with Crippen molar-refractivity contribution in [1.29, 1.82) is 0 Å². The summed E-state index contributed by atoms with van der Waals surface area (Å²) in [5, 5.41) is 0. The van der Waals surface area contributed by atoms with E-state index in [-0.39, 0.29) is 6.04 Å². The summed E-state index contributed by atoms with van der Waals surface area (Å²) >= 11 is 0. The highest BCUT2D eigenvalue weighted by Gasteiger charge is 2.44. The molecule has 0 aromatic carbocycles. The Balaban J connectivity index is 2.83. The Hall–Kier alpha value is -0.0900. The summed E-state index contributed by atoms with van der Waals surface area (Å²) in [6, 6.07) is -0.201. The van der Waals surface area contributed by atoms with Gasteiger partial charge in [0.15, 0.2) is 9.84 Å². The normalized spacial score (nSPS) is 22.3. The molecule has 1 aliphatic rings. The van der Waals surface area contributed by atoms with E-state index < -0.39 is 14.6 Å². The maximum Gasteiger partial charge on any atom is 0.154 e. The lowest BCUT2D eigenvalue weighted by molar-refractivity contribution is 0.449. The highest BCUT2D eigenvalue weighted by atomic mass is 32.2. The summed E-state index contributed by atoms with van der Waals surface area (Å²) in [5.41, 5.74) is 5.86. The van der Waals surface area contributed by atoms with E-state index in [9.17, 15) is 8.42 Å². The largest absolute Gasteiger partial charge is 0.326 e. The average Bonchev–Trinajstić information content (AvgIpc) is 2.64. The third-order valence-electron chi connectivity index (χ3n) is 2.89. The van der Waals surface area contributed by atoms with Gasteiger partial charge in [0.1, 0.15) is 0 Å². The van der Waals surface area contributed by atoms with Crippen molar-refractivity contribution in [2.45, 2.75) is 37.5 Å². The summed E-state index contributed by atoms with van der Waals surface area (Å²) in [6.45, 7) is 3.43. The molecule has 0 amide bonds. The Morgan fingerprint density at radius 1 is 1.42 bits per heavy atom. The van der Waals surface area contributed by atoms with E-state index in [1.807, 2.05) is 0 Å². The molecule has 0 spiro atoms. The van der Waals surface area contributed by atoms with E-state index >= 15 is 0 Å². The summed E-state index contributed by atoms with van der Waals surface area (Å²) < 4.78 is 21.9. The summed E-state index contributed by atoms with van der Waals surface area (Å²) in [5.74, 6) is 0.426. The second-order valence-corrected chi connectivity index (χ2v) is 6.84. The van der Waals surface area contributed by atoms with Gasteiger partial charge in [-0.05, 0) is 32.6 Å². The minimum absolute atomic E-state index is 0.201. The second kappa shape index (κ2) is 2.70. The molecule has 1 rings (SSSR count). The molecule has 1 fully saturated rings. The Morgan fingerprint density at radius 2 is 1.83 bits per heavy atom. The fourth-order valence-corrected chi connectivity index (χ4v) is 1.96. The van der Waals surface area contributed by atoms with Crippen LogP contribution in [-0.2, 0) is 9.84 Å². The number of hydrogen-bond donors (Lipinski definition) is 1. The highest BCUT2D eigenvalue weighted by Crippen LogP contribution is 2.38. The zero-order valence-electron chi connectivity index (χ0n) is 7.87. The standard InChI is InChI=1S/C8H17NO2S/c1-8(2,12(3,10)11)7(9)6-4-5-6/h6-7H,4-5,9H2,1-3H3. The molecule has 0 saturated heterocycles. The summed E-state index contributed by atoms with van der Waals surface area (Å²) in [4.78, 5) is 0. The van der Waals surface area contributed by atoms with Crippen LogP contribution in [0.1, 0.15) is 26.7 Å². The number of rotatable bonds is 3. The third kappa shape index (κ3) is 1.64. The van der Waals surface area contributed by atoms with Gasteiger partial charge in [-0.15, -0.1) is 0 Å². The second-order valence-electron chi connectivity index (χ2n) is 4.24. The summed E-state index contributed by atoms with van der Waals surface area (Å²) in [7, 11) is -3.03. The SMILES string of the molecule is CC(C)(C(N)C1CC1)S(C)(=O)=O. The van der Waals surface area contributed by atoms with Crippen LogP contribution in [0.5, 0.6) is 0 Å². The van der Waals surface area contributed by atoms with Crippen LogP contribution in [0.4, 0.5) is 0 Å². The molecule has 3 nitrogen and oxygen atoms in total. The molecule has 0 radical (unpaired) electrons. The molecule has 0 aromatic rings. The van der Waals surface area contributed by atoms with Gasteiger partial charge in [0.2, 0.25) is 0 Å². The molecule has 1 saturated carbocycles. The van der Waals surface area contributed by atoms with Crippen LogP contribution in [0.3, 0.4) is 0 Å². The van der Waals surface area contributed by atoms with Crippen LogP contribution in [0.25, 0.3) is 0 Å². The molecule has 0 aromatic heterocycles. The minimum Gasteiger partial charge on any atom is -0.326 e. The van der Waals surface area contributed by atoms with Gasteiger partial charge < -0.3 is 5.73 Å². The number of nitrogens with two attached hydrogens (primary N) is 1. The van der Waals surface area contributed by atoms with E-state index in [0.717, 1.165) is 12.8 Å². The predicted octanol–water partition coefficient (Wildman–Crippen LogP) is 0.547. The first-order valence-corrected chi connectivity index (χ1v) is 6.11. The lowest BCUT2D eigenvalue weighted by Gasteiger charge is -2.29. The third-order valence-corrected chi connectivity index (χ3v) is 5.07. The molecule has 4 heteroatoms. The fourth-order valence-electron chi connectivity index (χ4n) is 1.27. The molecule has 1 aliphatic carbocycles. The van der Waals surface area contributed by atoms with Gasteiger partial charge >= 0.3 is 0 Å². The van der Waals surface area contributed by atoms with Crippen LogP contribution < -0.4 is 5.73 Å². The van der Waals surface area contributed by atoms with E-state index in [0.29, 0.717) is 5.92 Å². The van der Waals surface area contributed by atoms with Crippen molar-refractivity contribution >= 4 is 9.84 Å². The van der Waals surface area contributed by atoms with Crippen molar-refractivity contribution in [2.24, 2.45) is 11.7 Å². The zero-order chi connectivity index (χ0) is 9.57. The van der Waals surface area contributed by atoms with E-state index in [2.05, 4.69) is 0 Å². The number of hydrogen-bond acceptors (Lipinski definition) is 3. The van der Waals surface area contributed by atoms with E-state index in [1.54, 1.807) is 13.8 Å². The van der Waals surface area contributed by atoms with E-state index in [4.69, 9.17) is 5.73 Å². The first-order chi connectivity index (χ1) is 5.27. The van der Waals surface area contributed by atoms with Crippen molar-refractivity contribution in [3.8, 4) is 0 Å². The smallest absolute Gasteiger partial charge is 0.154 e. The van der Waals surface area contributed by atoms with Crippen molar-refractivity contribution in [1.82, 2.24) is 0 Å². The van der Waals surface area contributed by atoms with Crippen LogP contribution in [-0.4, -0.2) is 25.5 Å². The van der Waals surface area contributed by atoms with Gasteiger partial charge in [-0.25, -0.2) is 8.42 Å². The molecule has 0 aliphatic heterocycles. The maximum absolute atomic E-state index is 11.3. The minimum atomic E-state index is -3.03. The quantitative estimate of drug-likeness (QED) is 0.708. The molecule has 1 unspecified atom stereocenters. The van der Waals surface area contributed by atoms with Gasteiger partial charge in [0.05, 0.1) is 4.75 Å². The molecule has 2 N–H and O–H groups in total. The van der Waals surface area contributed by atoms with Crippen LogP contribution in [0, 0.1) is 5.92 Å². The Kier molecular flexibility index (Phi) is 2.25. The molecular weight excluding hydrogens is 174 g/mol. The van der Waals surface area contributed by atoms with Gasteiger partial charge in [-0.3, -0.25) is 0 Å². The van der Waals surface area contributed by atoms with Crippen LogP contribution >= 0.6 is 0 Å². The van der Waals surface area contributed by atoms with Gasteiger partial charge in [0.25, 0.3) is 0 Å². The van der Waals surface area contributed by atoms with Crippen molar-refractivity contribution in [3.63, 3.8) is 0 Å². The molecule has 12 heavy (non-hydrogen) atoms. The van der Waals surface area contributed by atoms with Gasteiger partial charge in [-0.2, -0.15) is 0 Å². The maximum atomic E-state index is 11.3. The Labute approximate surface area is 74.3 Å². The number of sulfone groups is 1. The highest BCUT2D eigenvalue weighted by molar-refractivity contribution is 7.92. The molecule has 0 bridgehead atoms. The Morgan fingerprint density at radius 3 is 2.08 bits per heavy atom. The topological polar surface area (TPSA) is 60.2 Å². The summed E-state index contributed by atoms with van der Waals surface area (Å²) in [6.07, 6.45) is 3.43. The van der Waals surface area contributed by atoms with E-state index in [1.165, 1.54) is 6.26 Å². The molecular formula is C8H17NO2S. The Bertz CT molecular complexity index is 265. The van der Waals surface area contributed by atoms with Crippen molar-refractivity contribution in [3.05, 3.63) is 0 Å². The molecule has 72 valence electrons. The lowest BCUT2D eigenvalue weighted by Crippen LogP contribution is -2.50. The average molecular weight is 191 g/mol. The van der Waals surface area contributed by atoms with Gasteiger partial charge in [-0.1, -0.05) is 0 Å². The molecule has 1 atom stereocenters. The fraction of sp³-hybridized carbons (Fsp3) is 1.00. The zero-order valence-corrected chi connectivity index (χ0v) is 8.69. The first kappa shape index (κ1) is 9.99. The lowest BCUT2D eigenvalue weighted by atomic mass is 10.00. The predicted molar refractivity (Wildman–Crippen MR) is 49.6 cm³/mol. The van der Waals surface area contributed by atoms with Crippen LogP contribution in [0.2, 0.25) is 0 Å². The monoisotopic (exact) mass is 191 g/mol. The van der Waals surface area contributed by atoms with Gasteiger partial charge in [0, 0.05) is 12.3 Å². The van der Waals surface area contributed by atoms with Crippen molar-refractivity contribution in [2.75, 3.05) is 6.26 Å². The first-order valence-electron chi connectivity index (χ1n) is 4.22. The molecule has 0 heterocycles. The van der Waals surface area contributed by atoms with Crippen LogP contribution in [0.15, 0.2) is 0 Å². The van der Waals surface area contributed by atoms with Crippen molar-refractivity contribution < 1.29 is 8.42 Å².